The van der Waals surface area contributed by atoms with E-state index < -0.39 is 29.5 Å². The minimum Gasteiger partial charge on any atom is -0.307 e. The van der Waals surface area contributed by atoms with Crippen LogP contribution < -0.4 is 5.32 Å². The molecule has 3 heterocycles. The molecular weight excluding hydrogens is 503 g/mol. The molecule has 0 aliphatic carbocycles. The number of halogens is 3. The number of aryl methyl sites for hydroxylation is 1. The van der Waals surface area contributed by atoms with Crippen LogP contribution in [0.3, 0.4) is 0 Å². The lowest BCUT2D eigenvalue weighted by atomic mass is 10.0. The van der Waals surface area contributed by atoms with Gasteiger partial charge in [0, 0.05) is 17.8 Å². The first-order valence-electron chi connectivity index (χ1n) is 12.6. The van der Waals surface area contributed by atoms with Gasteiger partial charge in [-0.15, -0.1) is 0 Å². The number of nitrogens with zero attached hydrogens (tertiary/aromatic N) is 4. The normalized spacial score (nSPS) is 14.5. The van der Waals surface area contributed by atoms with E-state index in [1.54, 1.807) is 17.0 Å². The Morgan fingerprint density at radius 1 is 0.949 bits per heavy atom. The lowest BCUT2D eigenvalue weighted by Gasteiger charge is -2.31. The molecule has 0 saturated carbocycles. The van der Waals surface area contributed by atoms with Crippen molar-refractivity contribution in [1.82, 2.24) is 19.2 Å². The fourth-order valence-electron chi connectivity index (χ4n) is 5.12. The number of anilines is 1. The van der Waals surface area contributed by atoms with Crippen LogP contribution in [-0.4, -0.2) is 25.3 Å². The first kappa shape index (κ1) is 24.5. The van der Waals surface area contributed by atoms with Crippen LogP contribution in [0.15, 0.2) is 91.1 Å². The molecule has 0 radical (unpaired) electrons. The molecule has 6 rings (SSSR count). The quantitative estimate of drug-likeness (QED) is 0.280. The summed E-state index contributed by atoms with van der Waals surface area (Å²) in [6.45, 7) is 2.11. The minimum absolute atomic E-state index is 0.123. The molecule has 5 aromatic rings. The molecule has 2 aromatic heterocycles. The maximum Gasteiger partial charge on any atom is 0.323 e. The van der Waals surface area contributed by atoms with Crippen LogP contribution in [0.1, 0.15) is 35.5 Å². The predicted octanol–water partition coefficient (Wildman–Crippen LogP) is 6.78. The molecule has 1 aliphatic rings. The van der Waals surface area contributed by atoms with Crippen molar-refractivity contribution in [2.75, 3.05) is 5.32 Å². The number of para-hydroxylation sites is 1. The molecule has 0 saturated heterocycles. The van der Waals surface area contributed by atoms with Gasteiger partial charge in [-0.3, -0.25) is 0 Å². The van der Waals surface area contributed by atoms with E-state index in [2.05, 4.69) is 5.32 Å². The third-order valence-corrected chi connectivity index (χ3v) is 6.92. The van der Waals surface area contributed by atoms with Crippen molar-refractivity contribution in [3.8, 4) is 11.5 Å². The number of fused-ring (bicyclic) bond motifs is 3. The molecule has 3 aromatic carbocycles. The molecule has 6 nitrogen and oxygen atoms in total. The smallest absolute Gasteiger partial charge is 0.307 e. The van der Waals surface area contributed by atoms with E-state index >= 15 is 0 Å². The van der Waals surface area contributed by atoms with E-state index in [0.717, 1.165) is 46.7 Å². The van der Waals surface area contributed by atoms with Gasteiger partial charge in [-0.2, -0.15) is 5.10 Å². The second-order valence-corrected chi connectivity index (χ2v) is 9.29. The van der Waals surface area contributed by atoms with Crippen molar-refractivity contribution >= 4 is 11.7 Å². The standard InChI is InChI=1S/C30H24F3N5O/c1-2-25-23-18-37(30(39)34-26-17-21(32)14-15-24(26)33)28(19-10-12-20(31)13-11-19)27-9-6-16-36(27)29(23)38(35-25)22-7-4-3-5-8-22/h3-17,28H,2,18H2,1H3,(H,34,39)/t28-/m0/s1. The summed E-state index contributed by atoms with van der Waals surface area (Å²) in [5.74, 6) is -1.06. The van der Waals surface area contributed by atoms with Gasteiger partial charge in [0.05, 0.1) is 35.3 Å². The highest BCUT2D eigenvalue weighted by atomic mass is 19.1. The van der Waals surface area contributed by atoms with Crippen LogP contribution in [0.4, 0.5) is 23.7 Å². The minimum atomic E-state index is -0.756. The van der Waals surface area contributed by atoms with Crippen LogP contribution in [0.5, 0.6) is 0 Å². The van der Waals surface area contributed by atoms with Crippen molar-refractivity contribution < 1.29 is 18.0 Å². The summed E-state index contributed by atoms with van der Waals surface area (Å²) in [6.07, 6.45) is 2.51. The summed E-state index contributed by atoms with van der Waals surface area (Å²) >= 11 is 0. The first-order valence-corrected chi connectivity index (χ1v) is 12.6. The Morgan fingerprint density at radius 3 is 2.44 bits per heavy atom. The molecule has 39 heavy (non-hydrogen) atoms. The molecular formula is C30H24F3N5O. The summed E-state index contributed by atoms with van der Waals surface area (Å²) in [5, 5.41) is 7.44. The van der Waals surface area contributed by atoms with Gasteiger partial charge in [-0.05, 0) is 60.5 Å². The number of aromatic nitrogens is 3. The van der Waals surface area contributed by atoms with Crippen molar-refractivity contribution in [2.24, 2.45) is 0 Å². The Kier molecular flexibility index (Phi) is 6.18. The molecule has 0 spiro atoms. The Bertz CT molecular complexity index is 1660. The van der Waals surface area contributed by atoms with E-state index in [4.69, 9.17) is 5.10 Å². The van der Waals surface area contributed by atoms with Gasteiger partial charge in [0.15, 0.2) is 0 Å². The fourth-order valence-corrected chi connectivity index (χ4v) is 5.12. The SMILES string of the molecule is CCc1nn(-c2ccccc2)c2c1CN(C(=O)Nc1cc(F)ccc1F)[C@@H](c1ccc(F)cc1)c1cccn1-2. The highest BCUT2D eigenvalue weighted by molar-refractivity contribution is 5.90. The van der Waals surface area contributed by atoms with Gasteiger partial charge in [-0.25, -0.2) is 22.6 Å². The summed E-state index contributed by atoms with van der Waals surface area (Å²) in [4.78, 5) is 15.4. The molecule has 0 unspecified atom stereocenters. The van der Waals surface area contributed by atoms with Crippen LogP contribution in [0.2, 0.25) is 0 Å². The number of rotatable bonds is 4. The maximum atomic E-state index is 14.5. The average molecular weight is 528 g/mol. The van der Waals surface area contributed by atoms with Gasteiger partial charge in [-0.1, -0.05) is 37.3 Å². The summed E-state index contributed by atoms with van der Waals surface area (Å²) in [7, 11) is 0. The Hall–Kier alpha value is -4.79. The summed E-state index contributed by atoms with van der Waals surface area (Å²) < 4.78 is 46.2. The lowest BCUT2D eigenvalue weighted by molar-refractivity contribution is 0.194. The topological polar surface area (TPSA) is 55.1 Å². The molecule has 1 atom stereocenters. The summed E-state index contributed by atoms with van der Waals surface area (Å²) in [6, 6.07) is 21.0. The molecule has 1 aliphatic heterocycles. The second-order valence-electron chi connectivity index (χ2n) is 9.29. The number of amides is 2. The van der Waals surface area contributed by atoms with Gasteiger partial charge in [0.25, 0.3) is 0 Å². The highest BCUT2D eigenvalue weighted by Gasteiger charge is 2.36. The zero-order valence-electron chi connectivity index (χ0n) is 21.0. The Labute approximate surface area is 222 Å². The zero-order valence-corrected chi connectivity index (χ0v) is 21.0. The molecule has 1 N–H and O–H groups in total. The van der Waals surface area contributed by atoms with E-state index in [-0.39, 0.29) is 12.2 Å². The van der Waals surface area contributed by atoms with E-state index in [1.807, 2.05) is 64.8 Å². The molecule has 0 bridgehead atoms. The Balaban J connectivity index is 1.55. The number of benzene rings is 3. The molecule has 2 amide bonds. The fraction of sp³-hybridized carbons (Fsp3) is 0.133. The van der Waals surface area contributed by atoms with Crippen molar-refractivity contribution in [3.05, 3.63) is 131 Å². The largest absolute Gasteiger partial charge is 0.323 e. The number of urea groups is 1. The molecule has 9 heteroatoms. The molecule has 196 valence electrons. The predicted molar refractivity (Wildman–Crippen MR) is 141 cm³/mol. The third kappa shape index (κ3) is 4.35. The van der Waals surface area contributed by atoms with Crippen molar-refractivity contribution in [1.29, 1.82) is 0 Å². The second kappa shape index (κ2) is 9.83. The third-order valence-electron chi connectivity index (χ3n) is 6.92. The number of nitrogens with one attached hydrogen (secondary N) is 1. The van der Waals surface area contributed by atoms with Crippen molar-refractivity contribution in [3.63, 3.8) is 0 Å². The maximum absolute atomic E-state index is 14.5. The zero-order chi connectivity index (χ0) is 27.1. The van der Waals surface area contributed by atoms with Crippen LogP contribution in [0, 0.1) is 17.5 Å². The van der Waals surface area contributed by atoms with Crippen molar-refractivity contribution in [2.45, 2.75) is 25.9 Å². The van der Waals surface area contributed by atoms with Crippen LogP contribution >= 0.6 is 0 Å². The summed E-state index contributed by atoms with van der Waals surface area (Å²) in [5.41, 5.74) is 3.59. The van der Waals surface area contributed by atoms with E-state index in [9.17, 15) is 18.0 Å². The van der Waals surface area contributed by atoms with Gasteiger partial charge >= 0.3 is 6.03 Å². The van der Waals surface area contributed by atoms with Gasteiger partial charge in [0.1, 0.15) is 23.3 Å². The van der Waals surface area contributed by atoms with E-state index in [1.165, 1.54) is 12.1 Å². The monoisotopic (exact) mass is 527 g/mol. The van der Waals surface area contributed by atoms with Gasteiger partial charge in [0.2, 0.25) is 0 Å². The van der Waals surface area contributed by atoms with Gasteiger partial charge < -0.3 is 14.8 Å². The Morgan fingerprint density at radius 2 is 1.69 bits per heavy atom. The van der Waals surface area contributed by atoms with Crippen LogP contribution in [-0.2, 0) is 13.0 Å². The number of hydrogen-bond donors (Lipinski definition) is 1. The lowest BCUT2D eigenvalue weighted by Crippen LogP contribution is -2.38. The van der Waals surface area contributed by atoms with Crippen LogP contribution in [0.25, 0.3) is 11.5 Å². The highest BCUT2D eigenvalue weighted by Crippen LogP contribution is 2.39. The number of carbonyl (C=O) groups is 1. The van der Waals surface area contributed by atoms with E-state index in [0.29, 0.717) is 12.0 Å². The first-order chi connectivity index (χ1) is 18.9. The average Bonchev–Trinajstić information content (AvgIpc) is 3.53. The number of hydrogen-bond acceptors (Lipinski definition) is 2. The molecule has 0 fully saturated rings. The number of carbonyl (C=O) groups excluding carboxylic acids is 1.